The first-order valence-corrected chi connectivity index (χ1v) is 12.3. The first kappa shape index (κ1) is 23.3. The van der Waals surface area contributed by atoms with Crippen molar-refractivity contribution in [1.29, 1.82) is 0 Å². The van der Waals surface area contributed by atoms with Crippen molar-refractivity contribution in [2.75, 3.05) is 12.1 Å². The molecule has 11 nitrogen and oxygen atoms in total. The Kier molecular flexibility index (Phi) is 5.48. The van der Waals surface area contributed by atoms with E-state index in [1.54, 1.807) is 11.0 Å². The number of fused-ring (bicyclic) bond motifs is 3. The van der Waals surface area contributed by atoms with E-state index in [-0.39, 0.29) is 37.5 Å². The summed E-state index contributed by atoms with van der Waals surface area (Å²) in [6.45, 7) is 2.47. The third kappa shape index (κ3) is 4.05. The summed E-state index contributed by atoms with van der Waals surface area (Å²) < 4.78 is 32.5. The monoisotopic (exact) mass is 527 g/mol. The van der Waals surface area contributed by atoms with Gasteiger partial charge in [-0.2, -0.15) is 9.78 Å². The molecular formula is C27H22FN7O4. The summed E-state index contributed by atoms with van der Waals surface area (Å²) in [5.74, 6) is 1.59. The summed E-state index contributed by atoms with van der Waals surface area (Å²) in [5.41, 5.74) is 5.05. The number of amides is 1. The summed E-state index contributed by atoms with van der Waals surface area (Å²) in [7, 11) is 0. The zero-order chi connectivity index (χ0) is 26.5. The standard InChI is InChI=1S/C27H22FN7O4/c1-14-22-20(8-21(36)33-26(22)35(34-14)27-23-25(30-11-29-23)31-12-32-27)15-2-4-19(5-3-15)38-10-17-7-18(28)6-16-9-37-13-39-24(16)17/h2-7,11-12,20H,8-10,13H2,1H3,(H,33,36)(H,29,30,31,32). The highest BCUT2D eigenvalue weighted by molar-refractivity contribution is 5.95. The maximum Gasteiger partial charge on any atom is 0.226 e. The molecule has 0 saturated carbocycles. The number of carbonyl (C=O) groups is 1. The summed E-state index contributed by atoms with van der Waals surface area (Å²) in [6.07, 6.45) is 3.24. The van der Waals surface area contributed by atoms with E-state index >= 15 is 0 Å². The lowest BCUT2D eigenvalue weighted by atomic mass is 9.86. The van der Waals surface area contributed by atoms with Crippen molar-refractivity contribution in [3.63, 3.8) is 0 Å². The highest BCUT2D eigenvalue weighted by atomic mass is 19.1. The van der Waals surface area contributed by atoms with Gasteiger partial charge in [0.25, 0.3) is 0 Å². The van der Waals surface area contributed by atoms with Crippen molar-refractivity contribution < 1.29 is 23.4 Å². The predicted molar refractivity (Wildman–Crippen MR) is 136 cm³/mol. The van der Waals surface area contributed by atoms with Crippen molar-refractivity contribution in [3.05, 3.63) is 82.8 Å². The number of hydrogen-bond acceptors (Lipinski definition) is 8. The number of halogens is 1. The van der Waals surface area contributed by atoms with Crippen LogP contribution in [0.1, 0.15) is 40.3 Å². The van der Waals surface area contributed by atoms with Crippen LogP contribution < -0.4 is 14.8 Å². The van der Waals surface area contributed by atoms with Gasteiger partial charge in [-0.1, -0.05) is 12.1 Å². The van der Waals surface area contributed by atoms with Crippen LogP contribution in [0, 0.1) is 12.7 Å². The Labute approximate surface area is 221 Å². The van der Waals surface area contributed by atoms with E-state index < -0.39 is 0 Å². The van der Waals surface area contributed by atoms with Crippen LogP contribution in [-0.4, -0.2) is 42.4 Å². The van der Waals surface area contributed by atoms with Crippen LogP contribution in [0.4, 0.5) is 10.2 Å². The van der Waals surface area contributed by atoms with E-state index in [4.69, 9.17) is 19.3 Å². The number of H-pyrrole nitrogens is 1. The molecule has 1 amide bonds. The first-order valence-electron chi connectivity index (χ1n) is 12.3. The number of carbonyl (C=O) groups excluding carboxylic acids is 1. The Bertz CT molecular complexity index is 1730. The largest absolute Gasteiger partial charge is 0.489 e. The van der Waals surface area contributed by atoms with E-state index in [1.807, 2.05) is 31.2 Å². The number of aromatic nitrogens is 6. The number of aryl methyl sites for hydroxylation is 1. The normalized spacial score (nSPS) is 16.4. The maximum absolute atomic E-state index is 14.1. The summed E-state index contributed by atoms with van der Waals surface area (Å²) in [4.78, 5) is 28.6. The van der Waals surface area contributed by atoms with Gasteiger partial charge in [0.05, 0.1) is 18.6 Å². The predicted octanol–water partition coefficient (Wildman–Crippen LogP) is 3.91. The number of benzene rings is 2. The summed E-state index contributed by atoms with van der Waals surface area (Å²) in [6, 6.07) is 10.4. The average molecular weight is 528 g/mol. The molecule has 0 bridgehead atoms. The lowest BCUT2D eigenvalue weighted by molar-refractivity contribution is -0.116. The number of aromatic amines is 1. The zero-order valence-electron chi connectivity index (χ0n) is 20.8. The molecule has 2 N–H and O–H groups in total. The Balaban J connectivity index is 1.17. The number of nitrogens with zero attached hydrogens (tertiary/aromatic N) is 5. The van der Waals surface area contributed by atoms with Gasteiger partial charge in [0, 0.05) is 29.0 Å². The van der Waals surface area contributed by atoms with Crippen molar-refractivity contribution in [2.45, 2.75) is 32.5 Å². The van der Waals surface area contributed by atoms with E-state index in [0.29, 0.717) is 52.0 Å². The molecule has 1 atom stereocenters. The lowest BCUT2D eigenvalue weighted by Gasteiger charge is -2.24. The quantitative estimate of drug-likeness (QED) is 0.352. The van der Waals surface area contributed by atoms with Crippen LogP contribution >= 0.6 is 0 Å². The molecule has 0 aliphatic carbocycles. The maximum atomic E-state index is 14.1. The highest BCUT2D eigenvalue weighted by Gasteiger charge is 2.33. The Morgan fingerprint density at radius 1 is 1.18 bits per heavy atom. The second-order valence-corrected chi connectivity index (χ2v) is 9.38. The molecule has 2 aliphatic rings. The average Bonchev–Trinajstić information content (AvgIpc) is 3.56. The molecule has 0 saturated heterocycles. The first-order chi connectivity index (χ1) is 19.0. The molecule has 7 rings (SSSR count). The Hall–Kier alpha value is -4.84. The SMILES string of the molecule is Cc1nn(-c2ncnc3nc[nH]c23)c2c1C(c1ccc(OCc3cc(F)cc4c3OCOC4)cc1)CC(=O)N2. The van der Waals surface area contributed by atoms with Gasteiger partial charge in [0.2, 0.25) is 5.91 Å². The van der Waals surface area contributed by atoms with Gasteiger partial charge in [0.15, 0.2) is 18.3 Å². The summed E-state index contributed by atoms with van der Waals surface area (Å²) >= 11 is 0. The number of hydrogen-bond donors (Lipinski definition) is 2. The minimum absolute atomic E-state index is 0.122. The fourth-order valence-corrected chi connectivity index (χ4v) is 5.22. The fourth-order valence-electron chi connectivity index (χ4n) is 5.22. The molecule has 0 radical (unpaired) electrons. The molecular weight excluding hydrogens is 505 g/mol. The molecule has 5 heterocycles. The second kappa shape index (κ2) is 9.17. The highest BCUT2D eigenvalue weighted by Crippen LogP contribution is 2.41. The number of imidazole rings is 1. The number of nitrogens with one attached hydrogen (secondary N) is 2. The Morgan fingerprint density at radius 3 is 2.92 bits per heavy atom. The van der Waals surface area contributed by atoms with Crippen molar-refractivity contribution in [2.24, 2.45) is 0 Å². The van der Waals surface area contributed by atoms with Gasteiger partial charge in [0.1, 0.15) is 41.6 Å². The minimum Gasteiger partial charge on any atom is -0.489 e. The van der Waals surface area contributed by atoms with E-state index in [0.717, 1.165) is 16.8 Å². The molecule has 1 unspecified atom stereocenters. The third-order valence-electron chi connectivity index (χ3n) is 6.93. The van der Waals surface area contributed by atoms with E-state index in [1.165, 1.54) is 18.5 Å². The molecule has 39 heavy (non-hydrogen) atoms. The zero-order valence-corrected chi connectivity index (χ0v) is 20.8. The molecule has 0 spiro atoms. The smallest absolute Gasteiger partial charge is 0.226 e. The Morgan fingerprint density at radius 2 is 2.05 bits per heavy atom. The molecule has 0 fully saturated rings. The van der Waals surface area contributed by atoms with Crippen LogP contribution in [0.3, 0.4) is 0 Å². The van der Waals surface area contributed by atoms with Crippen LogP contribution in [0.15, 0.2) is 49.1 Å². The van der Waals surface area contributed by atoms with E-state index in [2.05, 4.69) is 25.3 Å². The van der Waals surface area contributed by atoms with Gasteiger partial charge < -0.3 is 24.5 Å². The van der Waals surface area contributed by atoms with Gasteiger partial charge in [-0.3, -0.25) is 4.79 Å². The van der Waals surface area contributed by atoms with Crippen molar-refractivity contribution in [1.82, 2.24) is 29.7 Å². The van der Waals surface area contributed by atoms with Crippen LogP contribution in [0.25, 0.3) is 17.0 Å². The van der Waals surface area contributed by atoms with Gasteiger partial charge >= 0.3 is 0 Å². The summed E-state index contributed by atoms with van der Waals surface area (Å²) in [5, 5.41) is 7.69. The minimum atomic E-state index is -0.366. The number of rotatable bonds is 5. The molecule has 5 aromatic rings. The van der Waals surface area contributed by atoms with Crippen LogP contribution in [0.5, 0.6) is 11.5 Å². The van der Waals surface area contributed by atoms with Crippen molar-refractivity contribution in [3.8, 4) is 17.3 Å². The van der Waals surface area contributed by atoms with Crippen LogP contribution in [-0.2, 0) is 22.7 Å². The second-order valence-electron chi connectivity index (χ2n) is 9.38. The molecule has 2 aliphatic heterocycles. The number of ether oxygens (including phenoxy) is 3. The van der Waals surface area contributed by atoms with Crippen molar-refractivity contribution >= 4 is 22.9 Å². The van der Waals surface area contributed by atoms with Crippen LogP contribution in [0.2, 0.25) is 0 Å². The van der Waals surface area contributed by atoms with Gasteiger partial charge in [-0.15, -0.1) is 0 Å². The molecule has 196 valence electrons. The molecule has 2 aromatic carbocycles. The molecule has 3 aromatic heterocycles. The van der Waals surface area contributed by atoms with Gasteiger partial charge in [-0.05, 0) is 36.8 Å². The lowest BCUT2D eigenvalue weighted by Crippen LogP contribution is -2.25. The van der Waals surface area contributed by atoms with Gasteiger partial charge in [-0.25, -0.2) is 19.3 Å². The van der Waals surface area contributed by atoms with E-state index in [9.17, 15) is 9.18 Å². The number of anilines is 1. The fraction of sp³-hybridized carbons (Fsp3) is 0.222. The molecule has 12 heteroatoms. The third-order valence-corrected chi connectivity index (χ3v) is 6.93. The topological polar surface area (TPSA) is 129 Å².